The Balaban J connectivity index is 2.45. The van der Waals surface area contributed by atoms with Gasteiger partial charge in [0.1, 0.15) is 5.82 Å². The average Bonchev–Trinajstić information content (AvgIpc) is 2.32. The molecule has 0 saturated carbocycles. The summed E-state index contributed by atoms with van der Waals surface area (Å²) < 4.78 is 39.0. The average molecular weight is 277 g/mol. The highest BCUT2D eigenvalue weighted by Gasteiger charge is 2.10. The second-order valence-electron chi connectivity index (χ2n) is 4.13. The van der Waals surface area contributed by atoms with Gasteiger partial charge in [-0.15, -0.1) is 0 Å². The number of nitrogens with one attached hydrogen (secondary N) is 1. The van der Waals surface area contributed by atoms with E-state index < -0.39 is 17.5 Å². The number of halogens is 3. The standard InChI is InChI=1S/C13H18F3NS/c1-3-18-5-4-9(2)17-8-10-6-12(15)13(16)7-11(10)14/h6-7,9,17H,3-5,8H2,1-2H3. The van der Waals surface area contributed by atoms with Crippen LogP contribution in [0, 0.1) is 17.5 Å². The lowest BCUT2D eigenvalue weighted by Crippen LogP contribution is -2.26. The van der Waals surface area contributed by atoms with Crippen LogP contribution in [0.4, 0.5) is 13.2 Å². The van der Waals surface area contributed by atoms with Crippen LogP contribution < -0.4 is 5.32 Å². The lowest BCUT2D eigenvalue weighted by atomic mass is 10.1. The van der Waals surface area contributed by atoms with Crippen LogP contribution in [0.3, 0.4) is 0 Å². The number of thioether (sulfide) groups is 1. The van der Waals surface area contributed by atoms with E-state index in [1.165, 1.54) is 0 Å². The first-order chi connectivity index (χ1) is 8.54. The van der Waals surface area contributed by atoms with Crippen molar-refractivity contribution in [2.75, 3.05) is 11.5 Å². The van der Waals surface area contributed by atoms with E-state index in [1.54, 1.807) is 0 Å². The predicted octanol–water partition coefficient (Wildman–Crippen LogP) is 3.73. The minimum atomic E-state index is -1.15. The first-order valence-corrected chi connectivity index (χ1v) is 7.14. The summed E-state index contributed by atoms with van der Waals surface area (Å²) in [4.78, 5) is 0. The molecule has 0 saturated heterocycles. The first-order valence-electron chi connectivity index (χ1n) is 5.99. The molecule has 0 fully saturated rings. The van der Waals surface area contributed by atoms with Crippen LogP contribution in [-0.2, 0) is 6.54 Å². The largest absolute Gasteiger partial charge is 0.310 e. The third kappa shape index (κ3) is 4.90. The number of hydrogen-bond donors (Lipinski definition) is 1. The van der Waals surface area contributed by atoms with Gasteiger partial charge < -0.3 is 5.32 Å². The Kier molecular flexibility index (Phi) is 6.57. The molecule has 0 bridgehead atoms. The van der Waals surface area contributed by atoms with Crippen LogP contribution in [0.2, 0.25) is 0 Å². The normalized spacial score (nSPS) is 12.7. The molecule has 1 nitrogen and oxygen atoms in total. The van der Waals surface area contributed by atoms with E-state index in [1.807, 2.05) is 18.7 Å². The summed E-state index contributed by atoms with van der Waals surface area (Å²) in [6.07, 6.45) is 0.962. The Morgan fingerprint density at radius 3 is 2.50 bits per heavy atom. The molecule has 0 aromatic heterocycles. The van der Waals surface area contributed by atoms with Gasteiger partial charge in [-0.3, -0.25) is 0 Å². The zero-order chi connectivity index (χ0) is 13.5. The highest BCUT2D eigenvalue weighted by molar-refractivity contribution is 7.99. The maximum atomic E-state index is 13.3. The van der Waals surface area contributed by atoms with Crippen molar-refractivity contribution in [1.82, 2.24) is 5.32 Å². The lowest BCUT2D eigenvalue weighted by molar-refractivity contribution is 0.478. The molecule has 0 aliphatic rings. The lowest BCUT2D eigenvalue weighted by Gasteiger charge is -2.14. The minimum absolute atomic E-state index is 0.156. The van der Waals surface area contributed by atoms with Gasteiger partial charge in [-0.1, -0.05) is 6.92 Å². The second-order valence-corrected chi connectivity index (χ2v) is 5.52. The summed E-state index contributed by atoms with van der Waals surface area (Å²) >= 11 is 1.84. The molecule has 0 amide bonds. The molecule has 1 N–H and O–H groups in total. The molecular formula is C13H18F3NS. The fourth-order valence-electron chi connectivity index (χ4n) is 1.49. The molecule has 0 aliphatic carbocycles. The zero-order valence-corrected chi connectivity index (χ0v) is 11.4. The summed E-state index contributed by atoms with van der Waals surface area (Å²) in [6, 6.07) is 1.71. The number of benzene rings is 1. The topological polar surface area (TPSA) is 12.0 Å². The van der Waals surface area contributed by atoms with E-state index in [9.17, 15) is 13.2 Å². The first kappa shape index (κ1) is 15.4. The quantitative estimate of drug-likeness (QED) is 0.602. The SMILES string of the molecule is CCSCCC(C)NCc1cc(F)c(F)cc1F. The van der Waals surface area contributed by atoms with Crippen LogP contribution in [0.15, 0.2) is 12.1 Å². The van der Waals surface area contributed by atoms with Gasteiger partial charge in [0.25, 0.3) is 0 Å². The third-order valence-electron chi connectivity index (χ3n) is 2.63. The van der Waals surface area contributed by atoms with Crippen molar-refractivity contribution < 1.29 is 13.2 Å². The number of hydrogen-bond acceptors (Lipinski definition) is 2. The van der Waals surface area contributed by atoms with E-state index in [0.29, 0.717) is 6.07 Å². The molecule has 1 unspecified atom stereocenters. The summed E-state index contributed by atoms with van der Waals surface area (Å²) in [5.41, 5.74) is 0.156. The van der Waals surface area contributed by atoms with E-state index in [4.69, 9.17) is 0 Å². The Labute approximate surface area is 110 Å². The fraction of sp³-hybridized carbons (Fsp3) is 0.538. The Morgan fingerprint density at radius 2 is 1.83 bits per heavy atom. The summed E-state index contributed by atoms with van der Waals surface area (Å²) in [6.45, 7) is 4.30. The Bertz CT molecular complexity index is 385. The fourth-order valence-corrected chi connectivity index (χ4v) is 2.30. The highest BCUT2D eigenvalue weighted by Crippen LogP contribution is 2.14. The van der Waals surface area contributed by atoms with Crippen molar-refractivity contribution in [3.8, 4) is 0 Å². The third-order valence-corrected chi connectivity index (χ3v) is 3.56. The van der Waals surface area contributed by atoms with Gasteiger partial charge in [-0.2, -0.15) is 11.8 Å². The van der Waals surface area contributed by atoms with Crippen LogP contribution >= 0.6 is 11.8 Å². The van der Waals surface area contributed by atoms with Gasteiger partial charge in [0.05, 0.1) is 0 Å². The summed E-state index contributed by atoms with van der Waals surface area (Å²) in [7, 11) is 0. The van der Waals surface area contributed by atoms with E-state index in [0.717, 1.165) is 24.0 Å². The van der Waals surface area contributed by atoms with Crippen LogP contribution in [-0.4, -0.2) is 17.5 Å². The van der Waals surface area contributed by atoms with Crippen LogP contribution in [0.5, 0.6) is 0 Å². The van der Waals surface area contributed by atoms with Crippen molar-refractivity contribution in [1.29, 1.82) is 0 Å². The summed E-state index contributed by atoms with van der Waals surface area (Å²) in [5.74, 6) is -0.766. The maximum Gasteiger partial charge on any atom is 0.161 e. The van der Waals surface area contributed by atoms with Crippen molar-refractivity contribution in [2.45, 2.75) is 32.9 Å². The second kappa shape index (κ2) is 7.69. The zero-order valence-electron chi connectivity index (χ0n) is 10.6. The molecule has 0 radical (unpaired) electrons. The highest BCUT2D eigenvalue weighted by atomic mass is 32.2. The van der Waals surface area contributed by atoms with Crippen molar-refractivity contribution in [3.63, 3.8) is 0 Å². The van der Waals surface area contributed by atoms with Crippen molar-refractivity contribution in [3.05, 3.63) is 35.1 Å². The molecule has 1 rings (SSSR count). The molecule has 1 aromatic carbocycles. The molecule has 5 heteroatoms. The van der Waals surface area contributed by atoms with Crippen LogP contribution in [0.1, 0.15) is 25.8 Å². The van der Waals surface area contributed by atoms with Gasteiger partial charge in [0.15, 0.2) is 11.6 Å². The molecule has 1 atom stereocenters. The maximum absolute atomic E-state index is 13.3. The monoisotopic (exact) mass is 277 g/mol. The van der Waals surface area contributed by atoms with Gasteiger partial charge in [-0.25, -0.2) is 13.2 Å². The van der Waals surface area contributed by atoms with Crippen LogP contribution in [0.25, 0.3) is 0 Å². The van der Waals surface area contributed by atoms with E-state index in [-0.39, 0.29) is 18.2 Å². The molecule has 0 heterocycles. The minimum Gasteiger partial charge on any atom is -0.310 e. The molecular weight excluding hydrogens is 259 g/mol. The van der Waals surface area contributed by atoms with Crippen molar-refractivity contribution in [2.24, 2.45) is 0 Å². The van der Waals surface area contributed by atoms with Gasteiger partial charge >= 0.3 is 0 Å². The Hall–Kier alpha value is -0.680. The number of rotatable bonds is 7. The van der Waals surface area contributed by atoms with E-state index in [2.05, 4.69) is 12.2 Å². The van der Waals surface area contributed by atoms with Gasteiger partial charge in [0.2, 0.25) is 0 Å². The van der Waals surface area contributed by atoms with Crippen molar-refractivity contribution >= 4 is 11.8 Å². The summed E-state index contributed by atoms with van der Waals surface area (Å²) in [5, 5.41) is 3.10. The smallest absolute Gasteiger partial charge is 0.161 e. The van der Waals surface area contributed by atoms with Gasteiger partial charge in [-0.05, 0) is 30.9 Å². The molecule has 1 aromatic rings. The van der Waals surface area contributed by atoms with E-state index >= 15 is 0 Å². The predicted molar refractivity (Wildman–Crippen MR) is 70.2 cm³/mol. The Morgan fingerprint density at radius 1 is 1.17 bits per heavy atom. The molecule has 102 valence electrons. The molecule has 0 spiro atoms. The molecule has 0 aliphatic heterocycles. The molecule has 18 heavy (non-hydrogen) atoms. The van der Waals surface area contributed by atoms with Gasteiger partial charge in [0, 0.05) is 24.2 Å².